The van der Waals surface area contributed by atoms with Crippen molar-refractivity contribution in [2.24, 2.45) is 0 Å². The maximum absolute atomic E-state index is 10.2. The topological polar surface area (TPSA) is 77.6 Å². The van der Waals surface area contributed by atoms with Crippen molar-refractivity contribution in [3.63, 3.8) is 0 Å². The molecule has 2 aliphatic rings. The van der Waals surface area contributed by atoms with Crippen LogP contribution in [0.5, 0.6) is 5.75 Å². The molecule has 8 bridgehead atoms. The van der Waals surface area contributed by atoms with Crippen molar-refractivity contribution in [3.05, 3.63) is 162 Å². The van der Waals surface area contributed by atoms with E-state index in [-0.39, 0.29) is 22.5 Å². The van der Waals surface area contributed by atoms with E-state index in [1.165, 1.54) is 0 Å². The average Bonchev–Trinajstić information content (AvgIpc) is 3.98. The molecule has 9 rings (SSSR count). The van der Waals surface area contributed by atoms with Crippen LogP contribution < -0.4 is 0 Å². The standard InChI is InChI=1S/C44H30N4O.Co/c49-32-18-16-31(17-19-32)44-39-26-24-37(47-39)42(29-12-6-2-7-13-29)35-22-20-33(45-35)41(28-10-4-1-5-11-28)34-21-23-36(46-34)43(30-14-8-3-9-15-30)38-25-27-40(44)48-38;/h1-27,45,48-49H;. The maximum atomic E-state index is 10.2. The van der Waals surface area contributed by atoms with Crippen molar-refractivity contribution in [1.29, 1.82) is 0 Å². The molecule has 0 saturated heterocycles. The van der Waals surface area contributed by atoms with Gasteiger partial charge in [-0.3, -0.25) is 0 Å². The zero-order valence-electron chi connectivity index (χ0n) is 26.8. The van der Waals surface area contributed by atoms with Gasteiger partial charge < -0.3 is 15.1 Å². The van der Waals surface area contributed by atoms with Crippen molar-refractivity contribution in [3.8, 4) is 50.3 Å². The molecule has 5 heterocycles. The summed E-state index contributed by atoms with van der Waals surface area (Å²) in [6.45, 7) is 0. The molecule has 0 aliphatic carbocycles. The monoisotopic (exact) mass is 689 g/mol. The van der Waals surface area contributed by atoms with Gasteiger partial charge in [0.1, 0.15) is 5.75 Å². The molecule has 50 heavy (non-hydrogen) atoms. The van der Waals surface area contributed by atoms with Crippen molar-refractivity contribution < 1.29 is 21.9 Å². The molecule has 2 aliphatic heterocycles. The summed E-state index contributed by atoms with van der Waals surface area (Å²) >= 11 is 0. The Morgan fingerprint density at radius 3 is 0.920 bits per heavy atom. The fraction of sp³-hybridized carbons (Fsp3) is 0. The molecule has 6 heteroatoms. The van der Waals surface area contributed by atoms with E-state index in [0.717, 1.165) is 89.4 Å². The summed E-state index contributed by atoms with van der Waals surface area (Å²) in [7, 11) is 0. The molecule has 0 saturated carbocycles. The number of nitrogens with zero attached hydrogens (tertiary/aromatic N) is 2. The van der Waals surface area contributed by atoms with Gasteiger partial charge in [-0.15, -0.1) is 0 Å². The average molecular weight is 690 g/mol. The van der Waals surface area contributed by atoms with Gasteiger partial charge in [-0.1, -0.05) is 103 Å². The van der Waals surface area contributed by atoms with Crippen LogP contribution in [0.2, 0.25) is 0 Å². The van der Waals surface area contributed by atoms with Gasteiger partial charge in [0.15, 0.2) is 0 Å². The number of fused-ring (bicyclic) bond motifs is 8. The molecule has 0 atom stereocenters. The Labute approximate surface area is 299 Å². The van der Waals surface area contributed by atoms with Crippen molar-refractivity contribution in [1.82, 2.24) is 19.9 Å². The van der Waals surface area contributed by atoms with Gasteiger partial charge in [-0.2, -0.15) is 0 Å². The Morgan fingerprint density at radius 2 is 0.620 bits per heavy atom. The number of aromatic amines is 2. The van der Waals surface area contributed by atoms with Gasteiger partial charge in [0.05, 0.1) is 22.8 Å². The first-order valence-electron chi connectivity index (χ1n) is 16.3. The first kappa shape index (κ1) is 31.1. The van der Waals surface area contributed by atoms with Crippen LogP contribution in [0.4, 0.5) is 0 Å². The zero-order chi connectivity index (χ0) is 32.7. The predicted molar refractivity (Wildman–Crippen MR) is 202 cm³/mol. The van der Waals surface area contributed by atoms with Crippen molar-refractivity contribution in [2.45, 2.75) is 0 Å². The molecule has 241 valence electrons. The van der Waals surface area contributed by atoms with Crippen molar-refractivity contribution in [2.75, 3.05) is 0 Å². The van der Waals surface area contributed by atoms with E-state index in [0.29, 0.717) is 0 Å². The second kappa shape index (κ2) is 13.0. The van der Waals surface area contributed by atoms with E-state index < -0.39 is 0 Å². The predicted octanol–water partition coefficient (Wildman–Crippen LogP) is 11.0. The van der Waals surface area contributed by atoms with Gasteiger partial charge in [-0.05, 0) is 83.0 Å². The van der Waals surface area contributed by atoms with Crippen LogP contribution in [0.15, 0.2) is 140 Å². The number of phenolic OH excluding ortho intramolecular Hbond substituents is 1. The van der Waals surface area contributed by atoms with Crippen LogP contribution in [0.1, 0.15) is 22.8 Å². The van der Waals surface area contributed by atoms with Crippen LogP contribution in [0, 0.1) is 0 Å². The minimum atomic E-state index is 0. The Kier molecular flexibility index (Phi) is 8.09. The molecule has 7 aromatic rings. The molecule has 0 amide bonds. The fourth-order valence-corrected chi connectivity index (χ4v) is 6.86. The summed E-state index contributed by atoms with van der Waals surface area (Å²) in [6.07, 6.45) is 8.40. The van der Waals surface area contributed by atoms with E-state index in [1.807, 2.05) is 30.3 Å². The Morgan fingerprint density at radius 1 is 0.340 bits per heavy atom. The van der Waals surface area contributed by atoms with Gasteiger partial charge in [0, 0.05) is 61.1 Å². The number of nitrogens with one attached hydrogen (secondary N) is 2. The van der Waals surface area contributed by atoms with Crippen LogP contribution >= 0.6 is 0 Å². The zero-order valence-corrected chi connectivity index (χ0v) is 27.8. The summed E-state index contributed by atoms with van der Waals surface area (Å²) < 4.78 is 0. The summed E-state index contributed by atoms with van der Waals surface area (Å²) in [5, 5.41) is 10.2. The normalized spacial score (nSPS) is 11.8. The molecule has 4 aromatic carbocycles. The fourth-order valence-electron chi connectivity index (χ4n) is 6.86. The molecule has 1 radical (unpaired) electrons. The number of hydrogen-bond acceptors (Lipinski definition) is 3. The minimum absolute atomic E-state index is 0. The van der Waals surface area contributed by atoms with Crippen LogP contribution in [-0.2, 0) is 16.8 Å². The molecule has 0 spiro atoms. The second-order valence-electron chi connectivity index (χ2n) is 12.1. The van der Waals surface area contributed by atoms with E-state index in [4.69, 9.17) is 9.97 Å². The number of aromatic nitrogens is 4. The van der Waals surface area contributed by atoms with Crippen LogP contribution in [0.3, 0.4) is 0 Å². The largest absolute Gasteiger partial charge is 0.508 e. The molecule has 3 aromatic heterocycles. The number of H-pyrrole nitrogens is 2. The first-order chi connectivity index (χ1) is 24.2. The number of hydrogen-bond donors (Lipinski definition) is 3. The Balaban J connectivity index is 0.00000361. The van der Waals surface area contributed by atoms with Crippen LogP contribution in [-0.4, -0.2) is 25.0 Å². The van der Waals surface area contributed by atoms with Gasteiger partial charge in [0.2, 0.25) is 0 Å². The molecule has 3 N–H and O–H groups in total. The third-order valence-electron chi connectivity index (χ3n) is 9.10. The third-order valence-corrected chi connectivity index (χ3v) is 9.10. The molecular formula is C44H30CoN4O. The quantitative estimate of drug-likeness (QED) is 0.172. The van der Waals surface area contributed by atoms with E-state index in [9.17, 15) is 5.11 Å². The molecule has 0 fully saturated rings. The van der Waals surface area contributed by atoms with Crippen LogP contribution in [0.25, 0.3) is 90.9 Å². The molecular weight excluding hydrogens is 659 g/mol. The Hall–Kier alpha value is -6.21. The first-order valence-corrected chi connectivity index (χ1v) is 16.3. The third kappa shape index (κ3) is 5.56. The SMILES string of the molecule is Oc1ccc(-c2c3nc(c(-c4ccccc4)c4ccc([nH]4)c(-c4ccccc4)c4nc(c(-c5ccccc5)c5ccc2[nH]5)C=C4)C=C3)cc1.[Co]. The van der Waals surface area contributed by atoms with E-state index >= 15 is 0 Å². The second-order valence-corrected chi connectivity index (χ2v) is 12.1. The maximum Gasteiger partial charge on any atom is 0.115 e. The smallest absolute Gasteiger partial charge is 0.115 e. The molecule has 0 unspecified atom stereocenters. The minimum Gasteiger partial charge on any atom is -0.508 e. The van der Waals surface area contributed by atoms with Crippen molar-refractivity contribution >= 4 is 46.4 Å². The van der Waals surface area contributed by atoms with E-state index in [2.05, 4.69) is 131 Å². The summed E-state index contributed by atoms with van der Waals surface area (Å²) in [4.78, 5) is 18.2. The number of rotatable bonds is 4. The van der Waals surface area contributed by atoms with Gasteiger partial charge in [0.25, 0.3) is 0 Å². The van der Waals surface area contributed by atoms with E-state index in [1.54, 1.807) is 12.1 Å². The number of benzene rings is 4. The summed E-state index contributed by atoms with van der Waals surface area (Å²) in [5.41, 5.74) is 15.3. The number of phenols is 1. The van der Waals surface area contributed by atoms with Gasteiger partial charge >= 0.3 is 0 Å². The summed E-state index contributed by atoms with van der Waals surface area (Å²) in [5.74, 6) is 0.215. The summed E-state index contributed by atoms with van der Waals surface area (Å²) in [6, 6.07) is 47.0. The Bertz CT molecular complexity index is 2550. The molecule has 5 nitrogen and oxygen atoms in total. The van der Waals surface area contributed by atoms with Gasteiger partial charge in [-0.25, -0.2) is 9.97 Å². The number of aromatic hydroxyl groups is 1.